The van der Waals surface area contributed by atoms with E-state index in [1.807, 2.05) is 18.7 Å². The topological polar surface area (TPSA) is 55.1 Å². The second kappa shape index (κ2) is 7.12. The van der Waals surface area contributed by atoms with Gasteiger partial charge in [0.2, 0.25) is 5.91 Å². The van der Waals surface area contributed by atoms with Gasteiger partial charge in [0.1, 0.15) is 0 Å². The molecule has 0 aromatic carbocycles. The van der Waals surface area contributed by atoms with Gasteiger partial charge >= 0.3 is 0 Å². The summed E-state index contributed by atoms with van der Waals surface area (Å²) in [4.78, 5) is 11.5. The Morgan fingerprint density at radius 1 is 1.60 bits per heavy atom. The highest BCUT2D eigenvalue weighted by Crippen LogP contribution is 2.24. The summed E-state index contributed by atoms with van der Waals surface area (Å²) in [6.45, 7) is 2.84. The van der Waals surface area contributed by atoms with Crippen LogP contribution in [-0.2, 0) is 4.79 Å². The van der Waals surface area contributed by atoms with Crippen LogP contribution in [0.25, 0.3) is 0 Å². The molecule has 0 bridgehead atoms. The molecule has 2 unspecified atom stereocenters. The van der Waals surface area contributed by atoms with Crippen LogP contribution in [-0.4, -0.2) is 29.5 Å². The van der Waals surface area contributed by atoms with Gasteiger partial charge in [-0.1, -0.05) is 19.8 Å². The number of nitrogens with two attached hydrogens (primary N) is 1. The zero-order valence-electron chi connectivity index (χ0n) is 9.50. The molecule has 1 heterocycles. The van der Waals surface area contributed by atoms with E-state index in [9.17, 15) is 4.79 Å². The molecular formula is C11H22N2OS. The molecule has 0 spiro atoms. The third-order valence-electron chi connectivity index (χ3n) is 2.71. The summed E-state index contributed by atoms with van der Waals surface area (Å²) in [5.41, 5.74) is 5.72. The Hall–Kier alpha value is -0.220. The van der Waals surface area contributed by atoms with Crippen LogP contribution in [0.15, 0.2) is 0 Å². The van der Waals surface area contributed by atoms with Gasteiger partial charge in [-0.3, -0.25) is 4.79 Å². The number of rotatable bonds is 5. The quantitative estimate of drug-likeness (QED) is 0.753. The molecule has 0 aliphatic carbocycles. The molecule has 88 valence electrons. The first-order valence-electron chi connectivity index (χ1n) is 5.89. The molecule has 4 heteroatoms. The molecule has 0 aromatic heterocycles. The van der Waals surface area contributed by atoms with Gasteiger partial charge in [0.25, 0.3) is 0 Å². The molecule has 3 N–H and O–H groups in total. The molecule has 0 radical (unpaired) electrons. The van der Waals surface area contributed by atoms with E-state index in [2.05, 4.69) is 5.32 Å². The van der Waals surface area contributed by atoms with E-state index in [1.165, 1.54) is 25.0 Å². The third-order valence-corrected chi connectivity index (χ3v) is 4.11. The fourth-order valence-corrected chi connectivity index (χ4v) is 2.99. The van der Waals surface area contributed by atoms with Gasteiger partial charge in [0.15, 0.2) is 0 Å². The number of thioether (sulfide) groups is 1. The monoisotopic (exact) mass is 230 g/mol. The Labute approximate surface area is 96.6 Å². The maximum atomic E-state index is 11.5. The highest BCUT2D eigenvalue weighted by molar-refractivity contribution is 7.99. The maximum Gasteiger partial charge on any atom is 0.236 e. The fourth-order valence-electron chi connectivity index (χ4n) is 1.76. The normalized spacial score (nSPS) is 23.5. The predicted octanol–water partition coefficient (Wildman–Crippen LogP) is 1.52. The van der Waals surface area contributed by atoms with Crippen molar-refractivity contribution in [2.24, 2.45) is 5.73 Å². The minimum absolute atomic E-state index is 0.0167. The molecule has 0 saturated carbocycles. The van der Waals surface area contributed by atoms with E-state index in [0.29, 0.717) is 5.25 Å². The largest absolute Gasteiger partial charge is 0.354 e. The lowest BCUT2D eigenvalue weighted by Gasteiger charge is -2.22. The molecule has 1 fully saturated rings. The van der Waals surface area contributed by atoms with Crippen LogP contribution >= 0.6 is 11.8 Å². The van der Waals surface area contributed by atoms with Crippen molar-refractivity contribution in [3.05, 3.63) is 0 Å². The molecule has 1 aliphatic heterocycles. The van der Waals surface area contributed by atoms with Crippen LogP contribution in [0.1, 0.15) is 39.0 Å². The highest BCUT2D eigenvalue weighted by atomic mass is 32.2. The lowest BCUT2D eigenvalue weighted by atomic mass is 10.1. The summed E-state index contributed by atoms with van der Waals surface area (Å²) in [5, 5.41) is 3.56. The van der Waals surface area contributed by atoms with Crippen molar-refractivity contribution in [1.82, 2.24) is 5.32 Å². The molecule has 1 aliphatic rings. The Morgan fingerprint density at radius 3 is 3.00 bits per heavy atom. The second-order valence-corrected chi connectivity index (χ2v) is 5.54. The first kappa shape index (κ1) is 12.8. The molecule has 0 aromatic rings. The van der Waals surface area contributed by atoms with E-state index >= 15 is 0 Å². The predicted molar refractivity (Wildman–Crippen MR) is 66.0 cm³/mol. The van der Waals surface area contributed by atoms with Gasteiger partial charge in [-0.2, -0.15) is 11.8 Å². The summed E-state index contributed by atoms with van der Waals surface area (Å²) in [6, 6.07) is -0.316. The SMILES string of the molecule is CCCC(N)C(=O)NCC1CCCCS1. The first-order chi connectivity index (χ1) is 7.24. The average Bonchev–Trinajstić information content (AvgIpc) is 2.27. The van der Waals surface area contributed by atoms with Gasteiger partial charge in [0, 0.05) is 11.8 Å². The zero-order chi connectivity index (χ0) is 11.1. The standard InChI is InChI=1S/C11H22N2OS/c1-2-5-10(12)11(14)13-8-9-6-3-4-7-15-9/h9-10H,2-8,12H2,1H3,(H,13,14). The van der Waals surface area contributed by atoms with Crippen molar-refractivity contribution >= 4 is 17.7 Å². The number of carbonyl (C=O) groups is 1. The first-order valence-corrected chi connectivity index (χ1v) is 6.93. The van der Waals surface area contributed by atoms with E-state index in [1.54, 1.807) is 0 Å². The second-order valence-electron chi connectivity index (χ2n) is 4.13. The van der Waals surface area contributed by atoms with Crippen LogP contribution < -0.4 is 11.1 Å². The van der Waals surface area contributed by atoms with Crippen LogP contribution in [0.5, 0.6) is 0 Å². The van der Waals surface area contributed by atoms with E-state index in [-0.39, 0.29) is 11.9 Å². The van der Waals surface area contributed by atoms with Crippen molar-refractivity contribution in [1.29, 1.82) is 0 Å². The van der Waals surface area contributed by atoms with Crippen LogP contribution in [0, 0.1) is 0 Å². The summed E-state index contributed by atoms with van der Waals surface area (Å²) < 4.78 is 0. The maximum absolute atomic E-state index is 11.5. The number of carbonyl (C=O) groups excluding carboxylic acids is 1. The average molecular weight is 230 g/mol. The van der Waals surface area contributed by atoms with Crippen molar-refractivity contribution in [3.63, 3.8) is 0 Å². The van der Waals surface area contributed by atoms with E-state index in [0.717, 1.165) is 19.4 Å². The smallest absolute Gasteiger partial charge is 0.236 e. The molecule has 1 saturated heterocycles. The van der Waals surface area contributed by atoms with E-state index in [4.69, 9.17) is 5.73 Å². The lowest BCUT2D eigenvalue weighted by Crippen LogP contribution is -2.43. The Morgan fingerprint density at radius 2 is 2.40 bits per heavy atom. The number of nitrogens with one attached hydrogen (secondary N) is 1. The molecular weight excluding hydrogens is 208 g/mol. The third kappa shape index (κ3) is 4.89. The minimum Gasteiger partial charge on any atom is -0.354 e. The van der Waals surface area contributed by atoms with E-state index < -0.39 is 0 Å². The summed E-state index contributed by atoms with van der Waals surface area (Å²) in [7, 11) is 0. The Balaban J connectivity index is 2.14. The molecule has 2 atom stereocenters. The highest BCUT2D eigenvalue weighted by Gasteiger charge is 2.17. The molecule has 1 rings (SSSR count). The van der Waals surface area contributed by atoms with Crippen LogP contribution in [0.2, 0.25) is 0 Å². The van der Waals surface area contributed by atoms with Crippen LogP contribution in [0.4, 0.5) is 0 Å². The number of hydrogen-bond donors (Lipinski definition) is 2. The number of amides is 1. The summed E-state index contributed by atoms with van der Waals surface area (Å²) >= 11 is 1.97. The Kier molecular flexibility index (Phi) is 6.10. The molecule has 3 nitrogen and oxygen atoms in total. The summed E-state index contributed by atoms with van der Waals surface area (Å²) in [5.74, 6) is 1.25. The van der Waals surface area contributed by atoms with Crippen molar-refractivity contribution < 1.29 is 4.79 Å². The van der Waals surface area contributed by atoms with Crippen molar-refractivity contribution in [2.45, 2.75) is 50.3 Å². The van der Waals surface area contributed by atoms with Gasteiger partial charge in [0.05, 0.1) is 6.04 Å². The lowest BCUT2D eigenvalue weighted by molar-refractivity contribution is -0.122. The van der Waals surface area contributed by atoms with Crippen molar-refractivity contribution in [3.8, 4) is 0 Å². The minimum atomic E-state index is -0.316. The van der Waals surface area contributed by atoms with Gasteiger partial charge < -0.3 is 11.1 Å². The molecule has 1 amide bonds. The van der Waals surface area contributed by atoms with Gasteiger partial charge in [-0.05, 0) is 25.0 Å². The summed E-state index contributed by atoms with van der Waals surface area (Å²) in [6.07, 6.45) is 5.60. The zero-order valence-corrected chi connectivity index (χ0v) is 10.3. The van der Waals surface area contributed by atoms with Crippen molar-refractivity contribution in [2.75, 3.05) is 12.3 Å². The Bertz CT molecular complexity index is 193. The van der Waals surface area contributed by atoms with Crippen LogP contribution in [0.3, 0.4) is 0 Å². The fraction of sp³-hybridized carbons (Fsp3) is 0.909. The van der Waals surface area contributed by atoms with Gasteiger partial charge in [-0.25, -0.2) is 0 Å². The number of hydrogen-bond acceptors (Lipinski definition) is 3. The van der Waals surface area contributed by atoms with Gasteiger partial charge in [-0.15, -0.1) is 0 Å². The molecule has 15 heavy (non-hydrogen) atoms.